The van der Waals surface area contributed by atoms with Crippen molar-refractivity contribution in [3.8, 4) is 5.75 Å². The first-order chi connectivity index (χ1) is 14.8. The predicted octanol–water partition coefficient (Wildman–Crippen LogP) is 5.78. The molecule has 1 aromatic rings. The van der Waals surface area contributed by atoms with Gasteiger partial charge in [0.1, 0.15) is 11.4 Å². The second-order valence-electron chi connectivity index (χ2n) is 9.74. The highest BCUT2D eigenvalue weighted by atomic mass is 16.6. The number of carbonyl (C=O) groups excluding carboxylic acids is 1. The van der Waals surface area contributed by atoms with Crippen molar-refractivity contribution < 1.29 is 19.0 Å². The summed E-state index contributed by atoms with van der Waals surface area (Å²) in [6.07, 6.45) is 7.63. The van der Waals surface area contributed by atoms with Crippen molar-refractivity contribution >= 4 is 5.97 Å². The zero-order valence-corrected chi connectivity index (χ0v) is 20.3. The summed E-state index contributed by atoms with van der Waals surface area (Å²) in [5.74, 6) is 0.627. The normalized spacial score (nSPS) is 18.5. The topological polar surface area (TPSA) is 48.0 Å². The fraction of sp³-hybridized carbons (Fsp3) is 0.731. The van der Waals surface area contributed by atoms with Crippen molar-refractivity contribution in [2.45, 2.75) is 84.8 Å². The minimum Gasteiger partial charge on any atom is -0.494 e. The molecule has 1 saturated heterocycles. The van der Waals surface area contributed by atoms with Gasteiger partial charge in [0.15, 0.2) is 0 Å². The van der Waals surface area contributed by atoms with Gasteiger partial charge in [-0.25, -0.2) is 0 Å². The number of morpholine rings is 1. The average molecular weight is 434 g/mol. The monoisotopic (exact) mass is 433 g/mol. The van der Waals surface area contributed by atoms with Crippen molar-refractivity contribution in [2.24, 2.45) is 5.92 Å². The lowest BCUT2D eigenvalue weighted by Gasteiger charge is -2.34. The van der Waals surface area contributed by atoms with Crippen LogP contribution in [0.15, 0.2) is 24.3 Å². The molecular formula is C26H43NO4. The zero-order chi connectivity index (χ0) is 22.7. The lowest BCUT2D eigenvalue weighted by molar-refractivity contribution is -0.160. The molecule has 5 heteroatoms. The van der Waals surface area contributed by atoms with Gasteiger partial charge in [0.2, 0.25) is 0 Å². The van der Waals surface area contributed by atoms with Gasteiger partial charge in [-0.2, -0.15) is 0 Å². The number of nitrogens with zero attached hydrogens (tertiary/aromatic N) is 1. The van der Waals surface area contributed by atoms with Crippen LogP contribution in [-0.4, -0.2) is 49.3 Å². The van der Waals surface area contributed by atoms with E-state index in [9.17, 15) is 4.79 Å². The highest BCUT2D eigenvalue weighted by Crippen LogP contribution is 2.25. The summed E-state index contributed by atoms with van der Waals surface area (Å²) >= 11 is 0. The van der Waals surface area contributed by atoms with Crippen LogP contribution in [0.3, 0.4) is 0 Å². The molecule has 2 rings (SSSR count). The van der Waals surface area contributed by atoms with Gasteiger partial charge in [0, 0.05) is 19.6 Å². The van der Waals surface area contributed by atoms with Crippen molar-refractivity contribution in [1.82, 2.24) is 4.90 Å². The Hall–Kier alpha value is -1.59. The van der Waals surface area contributed by atoms with Crippen LogP contribution in [0.2, 0.25) is 0 Å². The lowest BCUT2D eigenvalue weighted by atomic mass is 10.1. The largest absolute Gasteiger partial charge is 0.494 e. The number of carbonyl (C=O) groups is 1. The van der Waals surface area contributed by atoms with Gasteiger partial charge in [-0.05, 0) is 44.9 Å². The first kappa shape index (κ1) is 25.7. The summed E-state index contributed by atoms with van der Waals surface area (Å²) < 4.78 is 17.4. The predicted molar refractivity (Wildman–Crippen MR) is 125 cm³/mol. The molecule has 0 saturated carbocycles. The fourth-order valence-electron chi connectivity index (χ4n) is 3.79. The minimum absolute atomic E-state index is 0.0206. The maximum atomic E-state index is 12.3. The van der Waals surface area contributed by atoms with E-state index in [1.54, 1.807) is 0 Å². The van der Waals surface area contributed by atoms with Crippen LogP contribution in [0.25, 0.3) is 0 Å². The molecule has 0 bridgehead atoms. The van der Waals surface area contributed by atoms with Crippen LogP contribution in [0.5, 0.6) is 5.75 Å². The van der Waals surface area contributed by atoms with E-state index in [2.05, 4.69) is 24.0 Å². The Bertz CT molecular complexity index is 638. The average Bonchev–Trinajstić information content (AvgIpc) is 2.72. The van der Waals surface area contributed by atoms with E-state index >= 15 is 0 Å². The van der Waals surface area contributed by atoms with E-state index in [4.69, 9.17) is 14.2 Å². The molecule has 1 aliphatic heterocycles. The van der Waals surface area contributed by atoms with E-state index in [1.807, 2.05) is 39.8 Å². The third kappa shape index (κ3) is 10.0. The molecular weight excluding hydrogens is 390 g/mol. The third-order valence-electron chi connectivity index (χ3n) is 5.51. The summed E-state index contributed by atoms with van der Waals surface area (Å²) in [7, 11) is 0. The second-order valence-corrected chi connectivity index (χ2v) is 9.74. The Morgan fingerprint density at radius 3 is 2.48 bits per heavy atom. The highest BCUT2D eigenvalue weighted by molar-refractivity contribution is 5.72. The zero-order valence-electron chi connectivity index (χ0n) is 20.3. The third-order valence-corrected chi connectivity index (χ3v) is 5.51. The Kier molecular flexibility index (Phi) is 10.8. The Morgan fingerprint density at radius 1 is 1.13 bits per heavy atom. The van der Waals surface area contributed by atoms with Gasteiger partial charge in [-0.1, -0.05) is 58.1 Å². The van der Waals surface area contributed by atoms with Gasteiger partial charge < -0.3 is 14.2 Å². The van der Waals surface area contributed by atoms with E-state index < -0.39 is 5.60 Å². The Labute approximate surface area is 189 Å². The molecule has 0 aliphatic carbocycles. The Balaban J connectivity index is 1.75. The summed E-state index contributed by atoms with van der Waals surface area (Å²) in [5.41, 5.74) is 0.708. The molecule has 0 amide bonds. The van der Waals surface area contributed by atoms with Crippen LogP contribution >= 0.6 is 0 Å². The summed E-state index contributed by atoms with van der Waals surface area (Å²) in [6.45, 7) is 13.7. The van der Waals surface area contributed by atoms with E-state index in [0.29, 0.717) is 13.2 Å². The Morgan fingerprint density at radius 2 is 1.81 bits per heavy atom. The van der Waals surface area contributed by atoms with Crippen LogP contribution in [-0.2, 0) is 14.3 Å². The molecule has 0 N–H and O–H groups in total. The van der Waals surface area contributed by atoms with E-state index in [-0.39, 0.29) is 18.0 Å². The first-order valence-electron chi connectivity index (χ1n) is 12.1. The molecule has 0 spiro atoms. The van der Waals surface area contributed by atoms with E-state index in [0.717, 1.165) is 37.4 Å². The molecule has 1 fully saturated rings. The number of rotatable bonds is 12. The molecule has 5 nitrogen and oxygen atoms in total. The molecule has 1 heterocycles. The molecule has 176 valence electrons. The highest BCUT2D eigenvalue weighted by Gasteiger charge is 2.27. The summed E-state index contributed by atoms with van der Waals surface area (Å²) in [5, 5.41) is 0. The van der Waals surface area contributed by atoms with Crippen LogP contribution in [0.4, 0.5) is 0 Å². The first-order valence-corrected chi connectivity index (χ1v) is 12.1. The smallest absolute Gasteiger partial charge is 0.310 e. The number of ether oxygens (including phenoxy) is 3. The van der Waals surface area contributed by atoms with Gasteiger partial charge in [0.25, 0.3) is 0 Å². The molecule has 1 aliphatic rings. The fourth-order valence-corrected chi connectivity index (χ4v) is 3.79. The number of benzene rings is 1. The molecule has 2 atom stereocenters. The number of hydrogen-bond donors (Lipinski definition) is 0. The number of unbranched alkanes of at least 4 members (excludes halogenated alkanes) is 5. The summed E-state index contributed by atoms with van der Waals surface area (Å²) in [6, 6.07) is 8.28. The molecule has 0 radical (unpaired) electrons. The summed E-state index contributed by atoms with van der Waals surface area (Å²) in [4.78, 5) is 14.6. The second kappa shape index (κ2) is 13.1. The van der Waals surface area contributed by atoms with Gasteiger partial charge in [0.05, 0.1) is 25.2 Å². The maximum Gasteiger partial charge on any atom is 0.310 e. The SMILES string of the molecule is CCCCCCCCOc1ccc(C2CN(CC(C)C(=O)OC(C)(C)C)CCO2)cc1. The van der Waals surface area contributed by atoms with Crippen molar-refractivity contribution in [3.05, 3.63) is 29.8 Å². The van der Waals surface area contributed by atoms with Gasteiger partial charge in [-0.3, -0.25) is 9.69 Å². The molecule has 31 heavy (non-hydrogen) atoms. The van der Waals surface area contributed by atoms with Crippen LogP contribution in [0, 0.1) is 5.92 Å². The molecule has 2 unspecified atom stereocenters. The van der Waals surface area contributed by atoms with Crippen molar-refractivity contribution in [2.75, 3.05) is 32.8 Å². The van der Waals surface area contributed by atoms with Crippen LogP contribution in [0.1, 0.15) is 84.8 Å². The van der Waals surface area contributed by atoms with Gasteiger partial charge >= 0.3 is 5.97 Å². The minimum atomic E-state index is -0.447. The number of hydrogen-bond acceptors (Lipinski definition) is 5. The van der Waals surface area contributed by atoms with Gasteiger partial charge in [-0.15, -0.1) is 0 Å². The van der Waals surface area contributed by atoms with E-state index in [1.165, 1.54) is 32.1 Å². The molecule has 0 aromatic heterocycles. The van der Waals surface area contributed by atoms with Crippen LogP contribution < -0.4 is 4.74 Å². The van der Waals surface area contributed by atoms with Crippen molar-refractivity contribution in [1.29, 1.82) is 0 Å². The molecule has 1 aromatic carbocycles. The lowest BCUT2D eigenvalue weighted by Crippen LogP contribution is -2.42. The number of esters is 1. The standard InChI is InChI=1S/C26H43NO4/c1-6-7-8-9-10-11-17-29-23-14-12-22(13-15-23)24-20-27(16-18-30-24)19-21(2)25(28)31-26(3,4)5/h12-15,21,24H,6-11,16-20H2,1-5H3. The maximum absolute atomic E-state index is 12.3. The van der Waals surface area contributed by atoms with Crippen molar-refractivity contribution in [3.63, 3.8) is 0 Å². The quantitative estimate of drug-likeness (QED) is 0.309.